The van der Waals surface area contributed by atoms with Crippen molar-refractivity contribution in [2.24, 2.45) is 5.92 Å². The molecular formula is C34H41NO3. The minimum Gasteiger partial charge on any atom is -0.508 e. The zero-order chi connectivity index (χ0) is 26.5. The summed E-state index contributed by atoms with van der Waals surface area (Å²) in [7, 11) is 0. The largest absolute Gasteiger partial charge is 0.508 e. The van der Waals surface area contributed by atoms with Crippen molar-refractivity contribution >= 4 is 10.9 Å². The predicted octanol–water partition coefficient (Wildman–Crippen LogP) is 8.85. The normalized spacial score (nSPS) is 17.7. The molecule has 5 rings (SSSR count). The van der Waals surface area contributed by atoms with Crippen molar-refractivity contribution in [3.63, 3.8) is 0 Å². The number of nitrogens with one attached hydrogen (secondary N) is 1. The van der Waals surface area contributed by atoms with Crippen molar-refractivity contribution in [1.82, 2.24) is 4.98 Å². The van der Waals surface area contributed by atoms with E-state index in [2.05, 4.69) is 80.5 Å². The van der Waals surface area contributed by atoms with Gasteiger partial charge in [-0.05, 0) is 73.4 Å². The molecule has 0 bridgehead atoms. The lowest BCUT2D eigenvalue weighted by Gasteiger charge is -2.44. The van der Waals surface area contributed by atoms with Crippen LogP contribution in [0.25, 0.3) is 10.9 Å². The van der Waals surface area contributed by atoms with Crippen LogP contribution in [0, 0.1) is 5.92 Å². The van der Waals surface area contributed by atoms with Gasteiger partial charge in [-0.1, -0.05) is 81.6 Å². The first-order chi connectivity index (χ1) is 18.5. The zero-order valence-electron chi connectivity index (χ0n) is 23.0. The van der Waals surface area contributed by atoms with Crippen LogP contribution in [0.4, 0.5) is 0 Å². The standard InChI is InChI=1S/C34H41NO3/c1-4-24(2)25-18-20-28(21-19-25)38-33(37-23-26-12-8-11-17-32(26)36)34(3,27-13-6-5-7-14-27)30-22-35-31-16-10-9-15-29(30)31/h8-12,15-22,24,27,33,35-36H,4-7,13-14,23H2,1-3H3. The van der Waals surface area contributed by atoms with Gasteiger partial charge in [0.05, 0.1) is 12.0 Å². The van der Waals surface area contributed by atoms with Crippen molar-refractivity contribution in [2.45, 2.75) is 83.5 Å². The highest BCUT2D eigenvalue weighted by atomic mass is 16.7. The number of phenolic OH excluding ortho intramolecular Hbond substituents is 1. The Bertz CT molecular complexity index is 1320. The van der Waals surface area contributed by atoms with Crippen LogP contribution in [0.15, 0.2) is 79.0 Å². The lowest BCUT2D eigenvalue weighted by Crippen LogP contribution is -2.48. The number of benzene rings is 3. The lowest BCUT2D eigenvalue weighted by molar-refractivity contribution is -0.150. The number of hydrogen-bond donors (Lipinski definition) is 2. The smallest absolute Gasteiger partial charge is 0.209 e. The van der Waals surface area contributed by atoms with Gasteiger partial charge in [0.1, 0.15) is 11.5 Å². The average Bonchev–Trinajstić information content (AvgIpc) is 3.41. The molecule has 1 aromatic heterocycles. The molecule has 0 amide bonds. The maximum absolute atomic E-state index is 10.5. The summed E-state index contributed by atoms with van der Waals surface area (Å²) in [4.78, 5) is 3.51. The van der Waals surface area contributed by atoms with E-state index in [9.17, 15) is 5.11 Å². The third-order valence-electron chi connectivity index (χ3n) is 8.80. The number of rotatable bonds is 10. The molecule has 1 heterocycles. The predicted molar refractivity (Wildman–Crippen MR) is 155 cm³/mol. The second-order valence-corrected chi connectivity index (χ2v) is 11.1. The van der Waals surface area contributed by atoms with Gasteiger partial charge in [-0.15, -0.1) is 0 Å². The molecule has 2 N–H and O–H groups in total. The van der Waals surface area contributed by atoms with Crippen LogP contribution in [-0.2, 0) is 16.8 Å². The van der Waals surface area contributed by atoms with Gasteiger partial charge >= 0.3 is 0 Å². The second-order valence-electron chi connectivity index (χ2n) is 11.1. The first-order valence-electron chi connectivity index (χ1n) is 14.2. The molecule has 200 valence electrons. The van der Waals surface area contributed by atoms with E-state index in [0.29, 0.717) is 11.8 Å². The molecule has 0 radical (unpaired) electrons. The van der Waals surface area contributed by atoms with E-state index >= 15 is 0 Å². The van der Waals surface area contributed by atoms with Crippen LogP contribution in [-0.4, -0.2) is 16.4 Å². The number of ether oxygens (including phenoxy) is 2. The van der Waals surface area contributed by atoms with Crippen LogP contribution in [0.3, 0.4) is 0 Å². The van der Waals surface area contributed by atoms with Crippen LogP contribution >= 0.6 is 0 Å². The summed E-state index contributed by atoms with van der Waals surface area (Å²) in [6.07, 6.45) is 8.72. The summed E-state index contributed by atoms with van der Waals surface area (Å²) >= 11 is 0. The van der Waals surface area contributed by atoms with Gasteiger partial charge in [0.25, 0.3) is 0 Å². The monoisotopic (exact) mass is 511 g/mol. The van der Waals surface area contributed by atoms with Crippen LogP contribution in [0.1, 0.15) is 81.9 Å². The van der Waals surface area contributed by atoms with Crippen molar-refractivity contribution in [3.05, 3.63) is 95.7 Å². The summed E-state index contributed by atoms with van der Waals surface area (Å²) in [5.74, 6) is 1.97. The highest BCUT2D eigenvalue weighted by molar-refractivity contribution is 5.84. The summed E-state index contributed by atoms with van der Waals surface area (Å²) < 4.78 is 13.5. The number of aromatic hydroxyl groups is 1. The molecule has 0 aliphatic heterocycles. The van der Waals surface area contributed by atoms with E-state index in [1.54, 1.807) is 6.07 Å². The lowest BCUT2D eigenvalue weighted by atomic mass is 9.65. The minimum absolute atomic E-state index is 0.246. The molecule has 38 heavy (non-hydrogen) atoms. The highest BCUT2D eigenvalue weighted by Gasteiger charge is 2.47. The van der Waals surface area contributed by atoms with Gasteiger partial charge in [-0.25, -0.2) is 0 Å². The van der Waals surface area contributed by atoms with Gasteiger partial charge in [0.2, 0.25) is 6.29 Å². The van der Waals surface area contributed by atoms with Crippen molar-refractivity contribution < 1.29 is 14.6 Å². The number of fused-ring (bicyclic) bond motifs is 1. The quantitative estimate of drug-likeness (QED) is 0.209. The molecule has 0 saturated heterocycles. The maximum atomic E-state index is 10.5. The van der Waals surface area contributed by atoms with Gasteiger partial charge < -0.3 is 19.6 Å². The summed E-state index contributed by atoms with van der Waals surface area (Å²) in [5, 5.41) is 11.7. The maximum Gasteiger partial charge on any atom is 0.209 e. The number of para-hydroxylation sites is 2. The Hall–Kier alpha value is -3.24. The Morgan fingerprint density at radius 3 is 2.39 bits per heavy atom. The van der Waals surface area contributed by atoms with Gasteiger partial charge in [-0.3, -0.25) is 0 Å². The third-order valence-corrected chi connectivity index (χ3v) is 8.80. The number of hydrogen-bond acceptors (Lipinski definition) is 3. The molecule has 1 saturated carbocycles. The molecule has 4 aromatic rings. The van der Waals surface area contributed by atoms with E-state index in [1.807, 2.05) is 18.2 Å². The number of aromatic nitrogens is 1. The van der Waals surface area contributed by atoms with E-state index in [4.69, 9.17) is 9.47 Å². The molecule has 1 fully saturated rings. The molecule has 4 nitrogen and oxygen atoms in total. The van der Waals surface area contributed by atoms with E-state index in [-0.39, 0.29) is 12.4 Å². The number of aromatic amines is 1. The van der Waals surface area contributed by atoms with Crippen molar-refractivity contribution in [2.75, 3.05) is 0 Å². The Balaban J connectivity index is 1.56. The molecule has 3 unspecified atom stereocenters. The van der Waals surface area contributed by atoms with Gasteiger partial charge in [-0.2, -0.15) is 0 Å². The molecular weight excluding hydrogens is 470 g/mol. The topological polar surface area (TPSA) is 54.5 Å². The van der Waals surface area contributed by atoms with E-state index in [0.717, 1.165) is 36.1 Å². The van der Waals surface area contributed by atoms with E-state index in [1.165, 1.54) is 35.8 Å². The molecule has 3 atom stereocenters. The SMILES string of the molecule is CCC(C)c1ccc(OC(OCc2ccccc2O)C(C)(c2c[nH]c3ccccc23)C2CCCCC2)cc1. The van der Waals surface area contributed by atoms with Gasteiger partial charge in [0, 0.05) is 22.7 Å². The fourth-order valence-electron chi connectivity index (χ4n) is 6.12. The Morgan fingerprint density at radius 1 is 0.947 bits per heavy atom. The van der Waals surface area contributed by atoms with Crippen LogP contribution in [0.5, 0.6) is 11.5 Å². The summed E-state index contributed by atoms with van der Waals surface area (Å²) in [5.41, 5.74) is 4.04. The van der Waals surface area contributed by atoms with Crippen molar-refractivity contribution in [1.29, 1.82) is 0 Å². The highest BCUT2D eigenvalue weighted by Crippen LogP contribution is 2.47. The van der Waals surface area contributed by atoms with Crippen LogP contribution < -0.4 is 4.74 Å². The molecule has 1 aliphatic rings. The second kappa shape index (κ2) is 11.7. The molecule has 4 heteroatoms. The zero-order valence-corrected chi connectivity index (χ0v) is 23.0. The fourth-order valence-corrected chi connectivity index (χ4v) is 6.12. The van der Waals surface area contributed by atoms with Gasteiger partial charge in [0.15, 0.2) is 0 Å². The third kappa shape index (κ3) is 5.33. The molecule has 1 aliphatic carbocycles. The molecule has 3 aromatic carbocycles. The number of H-pyrrole nitrogens is 1. The number of phenols is 1. The first-order valence-corrected chi connectivity index (χ1v) is 14.2. The minimum atomic E-state index is -0.543. The average molecular weight is 512 g/mol. The van der Waals surface area contributed by atoms with Crippen LogP contribution in [0.2, 0.25) is 0 Å². The molecule has 0 spiro atoms. The Morgan fingerprint density at radius 2 is 1.66 bits per heavy atom. The van der Waals surface area contributed by atoms with E-state index < -0.39 is 11.7 Å². The Labute approximate surface area is 227 Å². The van der Waals surface area contributed by atoms with Crippen molar-refractivity contribution in [3.8, 4) is 11.5 Å². The first kappa shape index (κ1) is 26.4. The summed E-state index contributed by atoms with van der Waals surface area (Å²) in [6, 6.07) is 24.4. The Kier molecular flexibility index (Phi) is 8.09. The fraction of sp³-hybridized carbons (Fsp3) is 0.412. The summed E-state index contributed by atoms with van der Waals surface area (Å²) in [6.45, 7) is 7.06.